The zero-order valence-electron chi connectivity index (χ0n) is 10.0. The van der Waals surface area contributed by atoms with Crippen LogP contribution in [0.2, 0.25) is 5.02 Å². The Morgan fingerprint density at radius 1 is 1.45 bits per heavy atom. The van der Waals surface area contributed by atoms with Gasteiger partial charge in [-0.1, -0.05) is 11.6 Å². The molecular formula is C10H10ClN5O3S. The Morgan fingerprint density at radius 2 is 2.20 bits per heavy atom. The fourth-order valence-corrected chi connectivity index (χ4v) is 2.89. The molecule has 0 aromatic carbocycles. The van der Waals surface area contributed by atoms with E-state index in [9.17, 15) is 13.2 Å². The Kier molecular flexibility index (Phi) is 3.91. The number of nitrogens with zero attached hydrogens (tertiary/aromatic N) is 3. The van der Waals surface area contributed by atoms with E-state index >= 15 is 0 Å². The Bertz CT molecular complexity index is 743. The summed E-state index contributed by atoms with van der Waals surface area (Å²) in [5, 5.41) is 3.85. The molecule has 106 valence electrons. The summed E-state index contributed by atoms with van der Waals surface area (Å²) >= 11 is 5.81. The molecule has 2 heterocycles. The van der Waals surface area contributed by atoms with Crippen molar-refractivity contribution in [2.45, 2.75) is 11.4 Å². The van der Waals surface area contributed by atoms with Crippen molar-refractivity contribution in [3.63, 3.8) is 0 Å². The van der Waals surface area contributed by atoms with Crippen molar-refractivity contribution in [3.05, 3.63) is 35.9 Å². The topological polar surface area (TPSA) is 120 Å². The first-order chi connectivity index (χ1) is 9.38. The van der Waals surface area contributed by atoms with Gasteiger partial charge in [-0.15, -0.1) is 0 Å². The van der Waals surface area contributed by atoms with E-state index in [0.717, 1.165) is 6.20 Å². The van der Waals surface area contributed by atoms with Crippen molar-refractivity contribution in [2.24, 2.45) is 5.73 Å². The highest BCUT2D eigenvalue weighted by molar-refractivity contribution is 7.92. The fraction of sp³-hybridized carbons (Fsp3) is 0.100. The zero-order chi connectivity index (χ0) is 14.8. The summed E-state index contributed by atoms with van der Waals surface area (Å²) < 4.78 is 27.7. The van der Waals surface area contributed by atoms with Crippen molar-refractivity contribution in [1.82, 2.24) is 14.8 Å². The van der Waals surface area contributed by atoms with Gasteiger partial charge in [-0.05, 0) is 6.07 Å². The molecule has 10 heteroatoms. The molecule has 2 aromatic heterocycles. The van der Waals surface area contributed by atoms with Crippen LogP contribution < -0.4 is 10.5 Å². The predicted octanol–water partition coefficient (Wildman–Crippen LogP) is 0.218. The SMILES string of the molecule is NC(=O)Cn1cc(NS(=O)(=O)c2cnccc2Cl)cn1. The summed E-state index contributed by atoms with van der Waals surface area (Å²) in [5.41, 5.74) is 5.19. The number of aromatic nitrogens is 3. The van der Waals surface area contributed by atoms with Gasteiger partial charge in [0.05, 0.1) is 16.9 Å². The molecule has 1 amide bonds. The fourth-order valence-electron chi connectivity index (χ4n) is 1.43. The van der Waals surface area contributed by atoms with E-state index < -0.39 is 15.9 Å². The third kappa shape index (κ3) is 3.25. The van der Waals surface area contributed by atoms with Gasteiger partial charge in [0.1, 0.15) is 11.4 Å². The van der Waals surface area contributed by atoms with E-state index in [1.54, 1.807) is 0 Å². The van der Waals surface area contributed by atoms with Crippen molar-refractivity contribution in [3.8, 4) is 0 Å². The van der Waals surface area contributed by atoms with Gasteiger partial charge in [0, 0.05) is 18.6 Å². The van der Waals surface area contributed by atoms with Gasteiger partial charge in [0.25, 0.3) is 10.0 Å². The molecule has 0 saturated heterocycles. The number of pyridine rings is 1. The van der Waals surface area contributed by atoms with Crippen LogP contribution in [0.1, 0.15) is 0 Å². The minimum atomic E-state index is -3.87. The molecule has 2 aromatic rings. The molecule has 8 nitrogen and oxygen atoms in total. The monoisotopic (exact) mass is 315 g/mol. The Balaban J connectivity index is 2.23. The molecular weight excluding hydrogens is 306 g/mol. The molecule has 0 unspecified atom stereocenters. The molecule has 0 aliphatic carbocycles. The molecule has 0 bridgehead atoms. The number of nitrogens with one attached hydrogen (secondary N) is 1. The summed E-state index contributed by atoms with van der Waals surface area (Å²) in [7, 11) is -3.87. The molecule has 0 spiro atoms. The second-order valence-corrected chi connectivity index (χ2v) is 5.86. The first-order valence-corrected chi connectivity index (χ1v) is 7.18. The number of halogens is 1. The lowest BCUT2D eigenvalue weighted by Gasteiger charge is -2.06. The highest BCUT2D eigenvalue weighted by atomic mass is 35.5. The average molecular weight is 316 g/mol. The minimum Gasteiger partial charge on any atom is -0.368 e. The lowest BCUT2D eigenvalue weighted by molar-refractivity contribution is -0.118. The molecule has 0 radical (unpaired) electrons. The standard InChI is InChI=1S/C10H10ClN5O3S/c11-8-1-2-13-4-9(8)20(18,19)15-7-3-14-16(5-7)6-10(12)17/h1-5,15H,6H2,(H2,12,17). The van der Waals surface area contributed by atoms with Gasteiger partial charge in [0.2, 0.25) is 5.91 Å². The number of carbonyl (C=O) groups excluding carboxylic acids is 1. The molecule has 0 atom stereocenters. The number of sulfonamides is 1. The minimum absolute atomic E-state index is 0.0528. The van der Waals surface area contributed by atoms with Crippen molar-refractivity contribution >= 4 is 33.2 Å². The van der Waals surface area contributed by atoms with E-state index in [2.05, 4.69) is 14.8 Å². The van der Waals surface area contributed by atoms with Crippen LogP contribution in [0.5, 0.6) is 0 Å². The second-order valence-electron chi connectivity index (χ2n) is 3.80. The first-order valence-electron chi connectivity index (χ1n) is 5.31. The molecule has 0 saturated carbocycles. The van der Waals surface area contributed by atoms with Gasteiger partial charge >= 0.3 is 0 Å². The average Bonchev–Trinajstić information content (AvgIpc) is 2.75. The number of nitrogens with two attached hydrogens (primary N) is 1. The maximum absolute atomic E-state index is 12.1. The number of rotatable bonds is 5. The van der Waals surface area contributed by atoms with Crippen LogP contribution in [-0.2, 0) is 21.4 Å². The van der Waals surface area contributed by atoms with Gasteiger partial charge in [-0.2, -0.15) is 5.10 Å². The molecule has 2 rings (SSSR count). The Labute approximate surface area is 119 Å². The van der Waals surface area contributed by atoms with Crippen molar-refractivity contribution < 1.29 is 13.2 Å². The number of amides is 1. The number of carbonyl (C=O) groups is 1. The van der Waals surface area contributed by atoms with Crippen LogP contribution in [0.3, 0.4) is 0 Å². The van der Waals surface area contributed by atoms with Crippen LogP contribution in [0.4, 0.5) is 5.69 Å². The van der Waals surface area contributed by atoms with E-state index in [0.29, 0.717) is 0 Å². The van der Waals surface area contributed by atoms with Crippen LogP contribution in [0.25, 0.3) is 0 Å². The number of hydrogen-bond donors (Lipinski definition) is 2. The predicted molar refractivity (Wildman–Crippen MR) is 71.5 cm³/mol. The van der Waals surface area contributed by atoms with Gasteiger partial charge in [-0.3, -0.25) is 19.2 Å². The maximum atomic E-state index is 12.1. The highest BCUT2D eigenvalue weighted by Crippen LogP contribution is 2.21. The molecule has 0 fully saturated rings. The quantitative estimate of drug-likeness (QED) is 0.817. The summed E-state index contributed by atoms with van der Waals surface area (Å²) in [6, 6.07) is 1.37. The Hall–Kier alpha value is -2.13. The number of hydrogen-bond acceptors (Lipinski definition) is 5. The highest BCUT2D eigenvalue weighted by Gasteiger charge is 2.18. The summed E-state index contributed by atoms with van der Waals surface area (Å²) in [4.78, 5) is 14.3. The second kappa shape index (κ2) is 5.47. The lowest BCUT2D eigenvalue weighted by atomic mass is 10.5. The molecule has 0 aliphatic rings. The first kappa shape index (κ1) is 14.3. The normalized spacial score (nSPS) is 11.2. The number of anilines is 1. The van der Waals surface area contributed by atoms with Crippen LogP contribution in [0.15, 0.2) is 35.7 Å². The van der Waals surface area contributed by atoms with Crippen molar-refractivity contribution in [2.75, 3.05) is 4.72 Å². The molecule has 20 heavy (non-hydrogen) atoms. The largest absolute Gasteiger partial charge is 0.368 e. The maximum Gasteiger partial charge on any atom is 0.265 e. The third-order valence-corrected chi connectivity index (χ3v) is 4.08. The zero-order valence-corrected chi connectivity index (χ0v) is 11.6. The van der Waals surface area contributed by atoms with Gasteiger partial charge < -0.3 is 5.73 Å². The summed E-state index contributed by atoms with van der Waals surface area (Å²) in [5.74, 6) is -0.585. The smallest absolute Gasteiger partial charge is 0.265 e. The van der Waals surface area contributed by atoms with Crippen LogP contribution in [0, 0.1) is 0 Å². The summed E-state index contributed by atoms with van der Waals surface area (Å²) in [6.45, 7) is -0.143. The molecule has 3 N–H and O–H groups in total. The number of primary amides is 1. The van der Waals surface area contributed by atoms with E-state index in [-0.39, 0.29) is 22.2 Å². The van der Waals surface area contributed by atoms with E-state index in [1.165, 1.54) is 29.3 Å². The van der Waals surface area contributed by atoms with Gasteiger partial charge in [-0.25, -0.2) is 8.42 Å². The lowest BCUT2D eigenvalue weighted by Crippen LogP contribution is -2.18. The van der Waals surface area contributed by atoms with Crippen LogP contribution in [-0.4, -0.2) is 29.1 Å². The van der Waals surface area contributed by atoms with Crippen molar-refractivity contribution in [1.29, 1.82) is 0 Å². The molecule has 0 aliphatic heterocycles. The van der Waals surface area contributed by atoms with E-state index in [1.807, 2.05) is 0 Å². The van der Waals surface area contributed by atoms with Crippen LogP contribution >= 0.6 is 11.6 Å². The Morgan fingerprint density at radius 3 is 2.85 bits per heavy atom. The van der Waals surface area contributed by atoms with Gasteiger partial charge in [0.15, 0.2) is 0 Å². The third-order valence-electron chi connectivity index (χ3n) is 2.23. The summed E-state index contributed by atoms with van der Waals surface area (Å²) in [6.07, 6.45) is 5.11. The van der Waals surface area contributed by atoms with E-state index in [4.69, 9.17) is 17.3 Å².